The summed E-state index contributed by atoms with van der Waals surface area (Å²) in [6.07, 6.45) is -2.77. The second kappa shape index (κ2) is 11.7. The number of hydrogen-bond donors (Lipinski definition) is 3. The Kier molecular flexibility index (Phi) is 8.57. The molecule has 0 aliphatic carbocycles. The van der Waals surface area contributed by atoms with Gasteiger partial charge in [0.25, 0.3) is 12.3 Å². The summed E-state index contributed by atoms with van der Waals surface area (Å²) in [6.45, 7) is -0.420. The zero-order chi connectivity index (χ0) is 27.6. The van der Waals surface area contributed by atoms with Gasteiger partial charge in [0.15, 0.2) is 0 Å². The zero-order valence-electron chi connectivity index (χ0n) is 20.0. The van der Waals surface area contributed by atoms with Crippen LogP contribution in [0.25, 0.3) is 11.0 Å². The van der Waals surface area contributed by atoms with Crippen LogP contribution in [0.4, 0.5) is 30.5 Å². The number of alkyl halides is 2. The number of benzene rings is 3. The number of nitrogens with one attached hydrogen (secondary N) is 3. The van der Waals surface area contributed by atoms with Gasteiger partial charge >= 0.3 is 0 Å². The maximum Gasteiger partial charge on any atom is 0.272 e. The number of ether oxygens (including phenoxy) is 1. The number of fused-ring (bicyclic) bond motifs is 1. The maximum absolute atomic E-state index is 13.5. The van der Waals surface area contributed by atoms with E-state index in [1.807, 2.05) is 0 Å². The van der Waals surface area contributed by atoms with E-state index in [0.29, 0.717) is 39.3 Å². The van der Waals surface area contributed by atoms with Crippen LogP contribution in [0, 0.1) is 5.82 Å². The Morgan fingerprint density at radius 2 is 1.87 bits per heavy atom. The lowest BCUT2D eigenvalue weighted by Crippen LogP contribution is -2.16. The van der Waals surface area contributed by atoms with E-state index < -0.39 is 24.8 Å². The Morgan fingerprint density at radius 1 is 1.11 bits per heavy atom. The molecule has 4 rings (SSSR count). The molecular weight excluding hydrogens is 566 g/mol. The summed E-state index contributed by atoms with van der Waals surface area (Å²) in [4.78, 5) is 17.6. The first-order valence-electron chi connectivity index (χ1n) is 11.1. The molecule has 0 aliphatic heterocycles. The fourth-order valence-corrected chi connectivity index (χ4v) is 4.41. The van der Waals surface area contributed by atoms with E-state index in [4.69, 9.17) is 39.5 Å². The van der Waals surface area contributed by atoms with Crippen LogP contribution in [0.1, 0.15) is 15.9 Å². The van der Waals surface area contributed by atoms with Crippen molar-refractivity contribution in [3.8, 4) is 5.75 Å². The Balaban J connectivity index is 1.74. The predicted octanol–water partition coefficient (Wildman–Crippen LogP) is 7.03. The average Bonchev–Trinajstić information content (AvgIpc) is 3.18. The van der Waals surface area contributed by atoms with Gasteiger partial charge < -0.3 is 25.3 Å². The summed E-state index contributed by atoms with van der Waals surface area (Å²) in [5.41, 5.74) is 2.23. The molecule has 13 heteroatoms. The number of aromatic nitrogens is 2. The molecule has 200 valence electrons. The molecule has 1 heterocycles. The van der Waals surface area contributed by atoms with E-state index in [1.54, 1.807) is 30.8 Å². The summed E-state index contributed by atoms with van der Waals surface area (Å²) in [5, 5.41) is 9.28. The molecule has 0 spiro atoms. The molecule has 0 atom stereocenters. The molecule has 7 nitrogen and oxygen atoms in total. The summed E-state index contributed by atoms with van der Waals surface area (Å²) < 4.78 is 46.3. The van der Waals surface area contributed by atoms with Crippen LogP contribution >= 0.6 is 34.8 Å². The lowest BCUT2D eigenvalue weighted by atomic mass is 10.1. The number of halogens is 6. The highest BCUT2D eigenvalue weighted by Crippen LogP contribution is 2.37. The average molecular weight is 587 g/mol. The second-order valence-electron chi connectivity index (χ2n) is 8.17. The molecule has 0 radical (unpaired) electrons. The number of carbonyl (C=O) groups is 1. The van der Waals surface area contributed by atoms with Crippen molar-refractivity contribution in [3.05, 3.63) is 74.5 Å². The maximum atomic E-state index is 13.5. The quantitative estimate of drug-likeness (QED) is 0.196. The summed E-state index contributed by atoms with van der Waals surface area (Å²) in [7, 11) is 3.48. The number of rotatable bonds is 9. The number of carbonyl (C=O) groups excluding carboxylic acids is 1. The fraction of sp³-hybridized carbons (Fsp3) is 0.200. The van der Waals surface area contributed by atoms with E-state index in [1.165, 1.54) is 24.3 Å². The molecule has 0 fully saturated rings. The van der Waals surface area contributed by atoms with Crippen LogP contribution in [0.15, 0.2) is 42.5 Å². The van der Waals surface area contributed by atoms with Gasteiger partial charge in [0, 0.05) is 25.3 Å². The minimum atomic E-state index is -2.77. The molecule has 0 unspecified atom stereocenters. The van der Waals surface area contributed by atoms with E-state index in [0.717, 1.165) is 11.6 Å². The first-order valence-corrected chi connectivity index (χ1v) is 12.3. The molecule has 0 saturated carbocycles. The third kappa shape index (κ3) is 5.94. The minimum absolute atomic E-state index is 0.0599. The molecule has 0 saturated heterocycles. The monoisotopic (exact) mass is 585 g/mol. The predicted molar refractivity (Wildman–Crippen MR) is 144 cm³/mol. The van der Waals surface area contributed by atoms with Crippen molar-refractivity contribution in [2.75, 3.05) is 24.3 Å². The van der Waals surface area contributed by atoms with Gasteiger partial charge in [-0.1, -0.05) is 40.9 Å². The Bertz CT molecular complexity index is 1510. The SMILES string of the molecule is CNCc1ccc(Cl)c(Nc2nc3cc(C(=O)Nc4ccc(F)c(Cl)c4)c(OCC(F)F)cc3n2C)c1Cl. The third-order valence-electron chi connectivity index (χ3n) is 5.54. The van der Waals surface area contributed by atoms with Gasteiger partial charge in [-0.25, -0.2) is 18.2 Å². The highest BCUT2D eigenvalue weighted by atomic mass is 35.5. The summed E-state index contributed by atoms with van der Waals surface area (Å²) >= 11 is 18.7. The highest BCUT2D eigenvalue weighted by molar-refractivity contribution is 6.39. The number of aryl methyl sites for hydroxylation is 1. The van der Waals surface area contributed by atoms with Crippen molar-refractivity contribution in [2.24, 2.45) is 7.05 Å². The van der Waals surface area contributed by atoms with Crippen LogP contribution in [0.5, 0.6) is 5.75 Å². The van der Waals surface area contributed by atoms with Gasteiger partial charge in [-0.2, -0.15) is 0 Å². The van der Waals surface area contributed by atoms with E-state index >= 15 is 0 Å². The highest BCUT2D eigenvalue weighted by Gasteiger charge is 2.21. The van der Waals surface area contributed by atoms with Crippen LogP contribution < -0.4 is 20.7 Å². The molecular formula is C25H21Cl3F3N5O2. The number of imidazole rings is 1. The Morgan fingerprint density at radius 3 is 2.55 bits per heavy atom. The molecule has 0 aliphatic rings. The standard InChI is InChI=1S/C25H21Cl3F3N5O2/c1-32-10-12-3-5-15(26)23(22(12)28)35-25-34-18-8-14(20(38-11-21(30)31)9-19(18)36(25)2)24(37)33-13-4-6-17(29)16(27)7-13/h3-9,21,32H,10-11H2,1-2H3,(H,33,37)(H,34,35). The molecule has 3 N–H and O–H groups in total. The third-order valence-corrected chi connectivity index (χ3v) is 6.58. The molecule has 0 bridgehead atoms. The molecule has 3 aromatic carbocycles. The smallest absolute Gasteiger partial charge is 0.272 e. The second-order valence-corrected chi connectivity index (χ2v) is 9.36. The van der Waals surface area contributed by atoms with E-state index in [-0.39, 0.29) is 22.0 Å². The van der Waals surface area contributed by atoms with Gasteiger partial charge in [-0.05, 0) is 42.9 Å². The topological polar surface area (TPSA) is 80.2 Å². The van der Waals surface area contributed by atoms with Crippen LogP contribution in [-0.4, -0.2) is 35.5 Å². The lowest BCUT2D eigenvalue weighted by Gasteiger charge is -2.14. The van der Waals surface area contributed by atoms with Crippen LogP contribution in [0.2, 0.25) is 15.1 Å². The number of hydrogen-bond acceptors (Lipinski definition) is 5. The molecule has 1 amide bonds. The molecule has 4 aromatic rings. The van der Waals surface area contributed by atoms with E-state index in [9.17, 15) is 18.0 Å². The minimum Gasteiger partial charge on any atom is -0.487 e. The normalized spacial score (nSPS) is 11.3. The van der Waals surface area contributed by atoms with Crippen LogP contribution in [-0.2, 0) is 13.6 Å². The lowest BCUT2D eigenvalue weighted by molar-refractivity contribution is 0.0804. The van der Waals surface area contributed by atoms with Gasteiger partial charge in [-0.15, -0.1) is 0 Å². The largest absolute Gasteiger partial charge is 0.487 e. The Hall–Kier alpha value is -3.18. The van der Waals surface area contributed by atoms with E-state index in [2.05, 4.69) is 20.9 Å². The van der Waals surface area contributed by atoms with Gasteiger partial charge in [0.2, 0.25) is 5.95 Å². The Labute approximate surface area is 230 Å². The number of anilines is 3. The van der Waals surface area contributed by atoms with Crippen molar-refractivity contribution >= 4 is 69.1 Å². The van der Waals surface area contributed by atoms with Crippen molar-refractivity contribution in [2.45, 2.75) is 13.0 Å². The molecule has 38 heavy (non-hydrogen) atoms. The number of amides is 1. The van der Waals surface area contributed by atoms with Gasteiger partial charge in [-0.3, -0.25) is 4.79 Å². The first-order chi connectivity index (χ1) is 18.1. The number of nitrogens with zero attached hydrogens (tertiary/aromatic N) is 2. The van der Waals surface area contributed by atoms with Crippen molar-refractivity contribution in [1.29, 1.82) is 0 Å². The van der Waals surface area contributed by atoms with Crippen molar-refractivity contribution in [1.82, 2.24) is 14.9 Å². The summed E-state index contributed by atoms with van der Waals surface area (Å²) in [5.74, 6) is -1.11. The van der Waals surface area contributed by atoms with Crippen LogP contribution in [0.3, 0.4) is 0 Å². The first kappa shape index (κ1) is 27.8. The van der Waals surface area contributed by atoms with Gasteiger partial charge in [0.05, 0.1) is 37.4 Å². The molecule has 1 aromatic heterocycles. The van der Waals surface area contributed by atoms with Crippen molar-refractivity contribution in [3.63, 3.8) is 0 Å². The fourth-order valence-electron chi connectivity index (χ4n) is 3.70. The summed E-state index contributed by atoms with van der Waals surface area (Å²) in [6, 6.07) is 9.97. The zero-order valence-corrected chi connectivity index (χ0v) is 22.3. The van der Waals surface area contributed by atoms with Gasteiger partial charge in [0.1, 0.15) is 18.2 Å². The van der Waals surface area contributed by atoms with Crippen molar-refractivity contribution < 1.29 is 22.7 Å².